The zero-order chi connectivity index (χ0) is 30.9. The second kappa shape index (κ2) is 14.5. The van der Waals surface area contributed by atoms with Crippen LogP contribution in [0.2, 0.25) is 0 Å². The molecule has 5 aromatic carbocycles. The van der Waals surface area contributed by atoms with E-state index >= 15 is 0 Å². The molecule has 0 unspecified atom stereocenters. The lowest BCUT2D eigenvalue weighted by molar-refractivity contribution is -0.0894. The average Bonchev–Trinajstić information content (AvgIpc) is 3.42. The van der Waals surface area contributed by atoms with Crippen molar-refractivity contribution in [3.05, 3.63) is 150 Å². The Hall–Kier alpha value is -4.54. The van der Waals surface area contributed by atoms with E-state index in [1.807, 2.05) is 115 Å². The first-order valence-electron chi connectivity index (χ1n) is 14.7. The van der Waals surface area contributed by atoms with Crippen LogP contribution < -0.4 is 4.83 Å². The van der Waals surface area contributed by atoms with Crippen molar-refractivity contribution in [2.75, 3.05) is 6.61 Å². The molecule has 8 nitrogen and oxygen atoms in total. The number of sulfonamides is 1. The van der Waals surface area contributed by atoms with E-state index < -0.39 is 28.3 Å². The summed E-state index contributed by atoms with van der Waals surface area (Å²) < 4.78 is 51.8. The van der Waals surface area contributed by atoms with E-state index in [4.69, 9.17) is 18.9 Å². The summed E-state index contributed by atoms with van der Waals surface area (Å²) in [4.78, 5) is 2.45. The molecule has 0 bridgehead atoms. The monoisotopic (exact) mass is 622 g/mol. The van der Waals surface area contributed by atoms with Gasteiger partial charge in [-0.05, 0) is 39.6 Å². The highest BCUT2D eigenvalue weighted by molar-refractivity contribution is 7.89. The third kappa shape index (κ3) is 7.95. The summed E-state index contributed by atoms with van der Waals surface area (Å²) in [7, 11) is -4.02. The van der Waals surface area contributed by atoms with Gasteiger partial charge in [-0.25, -0.2) is 0 Å². The van der Waals surface area contributed by atoms with E-state index in [-0.39, 0.29) is 24.0 Å². The Morgan fingerprint density at radius 2 is 1.20 bits per heavy atom. The van der Waals surface area contributed by atoms with Crippen LogP contribution in [0.25, 0.3) is 10.8 Å². The maximum atomic E-state index is 13.4. The van der Waals surface area contributed by atoms with Gasteiger partial charge in [-0.1, -0.05) is 121 Å². The number of fused-ring (bicyclic) bond motifs is 1. The molecular weight excluding hydrogens is 588 g/mol. The normalized spacial score (nSPS) is 19.0. The van der Waals surface area contributed by atoms with Crippen LogP contribution in [0.15, 0.2) is 143 Å². The molecule has 0 radical (unpaired) electrons. The van der Waals surface area contributed by atoms with Crippen LogP contribution in [0, 0.1) is 0 Å². The number of nitrogens with zero attached hydrogens (tertiary/aromatic N) is 1. The molecule has 0 aromatic heterocycles. The van der Waals surface area contributed by atoms with Gasteiger partial charge in [-0.15, -0.1) is 5.10 Å². The van der Waals surface area contributed by atoms with Gasteiger partial charge in [0, 0.05) is 0 Å². The van der Waals surface area contributed by atoms with Crippen LogP contribution >= 0.6 is 0 Å². The van der Waals surface area contributed by atoms with Gasteiger partial charge in [0.15, 0.2) is 12.2 Å². The predicted molar refractivity (Wildman–Crippen MR) is 173 cm³/mol. The zero-order valence-corrected chi connectivity index (χ0v) is 25.4. The molecule has 0 saturated carbocycles. The largest absolute Gasteiger partial charge is 0.469 e. The van der Waals surface area contributed by atoms with Crippen molar-refractivity contribution in [3.63, 3.8) is 0 Å². The Bertz CT molecular complexity index is 1820. The second-order valence-corrected chi connectivity index (χ2v) is 12.4. The fraction of sp³-hybridized carbons (Fsp3) is 0.194. The van der Waals surface area contributed by atoms with E-state index in [0.717, 1.165) is 27.5 Å². The summed E-state index contributed by atoms with van der Waals surface area (Å²) in [6, 6.07) is 41.8. The van der Waals surface area contributed by atoms with Crippen molar-refractivity contribution in [1.82, 2.24) is 4.83 Å². The van der Waals surface area contributed by atoms with E-state index in [0.29, 0.717) is 13.2 Å². The lowest BCUT2D eigenvalue weighted by Gasteiger charge is -2.22. The minimum absolute atomic E-state index is 0.0710. The Labute approximate surface area is 263 Å². The van der Waals surface area contributed by atoms with Gasteiger partial charge in [0.05, 0.1) is 31.3 Å². The summed E-state index contributed by atoms with van der Waals surface area (Å²) >= 11 is 0. The van der Waals surface area contributed by atoms with Crippen LogP contribution in [0.1, 0.15) is 16.7 Å². The van der Waals surface area contributed by atoms with Crippen molar-refractivity contribution < 1.29 is 27.4 Å². The number of hydrogen-bond acceptors (Lipinski definition) is 7. The van der Waals surface area contributed by atoms with Crippen LogP contribution in [0.5, 0.6) is 0 Å². The first-order chi connectivity index (χ1) is 22.0. The highest BCUT2D eigenvalue weighted by Crippen LogP contribution is 2.27. The van der Waals surface area contributed by atoms with Gasteiger partial charge in [0.1, 0.15) is 6.10 Å². The Morgan fingerprint density at radius 3 is 1.84 bits per heavy atom. The highest BCUT2D eigenvalue weighted by atomic mass is 32.2. The Kier molecular flexibility index (Phi) is 9.82. The molecular formula is C36H34N2O6S. The summed E-state index contributed by atoms with van der Waals surface area (Å²) in [5.41, 5.74) is 2.94. The van der Waals surface area contributed by atoms with Crippen molar-refractivity contribution in [3.8, 4) is 0 Å². The van der Waals surface area contributed by atoms with Crippen molar-refractivity contribution in [2.45, 2.75) is 43.0 Å². The number of rotatable bonds is 13. The van der Waals surface area contributed by atoms with E-state index in [9.17, 15) is 8.42 Å². The number of ether oxygens (including phenoxy) is 4. The summed E-state index contributed by atoms with van der Waals surface area (Å²) in [5, 5.41) is 6.01. The number of benzene rings is 5. The van der Waals surface area contributed by atoms with Gasteiger partial charge in [0.25, 0.3) is 10.0 Å². The van der Waals surface area contributed by atoms with E-state index in [1.165, 1.54) is 0 Å². The second-order valence-electron chi connectivity index (χ2n) is 10.7. The summed E-state index contributed by atoms with van der Waals surface area (Å²) in [6.07, 6.45) is -2.05. The van der Waals surface area contributed by atoms with Crippen LogP contribution in [0.3, 0.4) is 0 Å². The Balaban J connectivity index is 1.26. The molecule has 0 spiro atoms. The molecule has 1 heterocycles. The van der Waals surface area contributed by atoms with Crippen molar-refractivity contribution in [1.29, 1.82) is 0 Å². The van der Waals surface area contributed by atoms with E-state index in [1.54, 1.807) is 18.2 Å². The molecule has 1 aliphatic rings. The number of nitrogens with one attached hydrogen (secondary N) is 1. The van der Waals surface area contributed by atoms with E-state index in [2.05, 4.69) is 9.93 Å². The zero-order valence-electron chi connectivity index (χ0n) is 24.6. The fourth-order valence-corrected chi connectivity index (χ4v) is 5.94. The van der Waals surface area contributed by atoms with Crippen molar-refractivity contribution in [2.24, 2.45) is 5.10 Å². The third-order valence-corrected chi connectivity index (χ3v) is 8.65. The van der Waals surface area contributed by atoms with Gasteiger partial charge in [-0.2, -0.15) is 13.2 Å². The first kappa shape index (κ1) is 30.5. The Morgan fingerprint density at radius 1 is 0.644 bits per heavy atom. The maximum absolute atomic E-state index is 13.4. The molecule has 1 aliphatic heterocycles. The van der Waals surface area contributed by atoms with Crippen LogP contribution in [0.4, 0.5) is 0 Å². The quantitative estimate of drug-likeness (QED) is 0.157. The lowest BCUT2D eigenvalue weighted by Crippen LogP contribution is -2.38. The molecule has 6 rings (SSSR count). The number of hydrazone groups is 1. The predicted octanol–water partition coefficient (Wildman–Crippen LogP) is 6.22. The molecule has 0 aliphatic carbocycles. The molecule has 5 aromatic rings. The summed E-state index contributed by atoms with van der Waals surface area (Å²) in [5.74, 6) is 0.0710. The van der Waals surface area contributed by atoms with Crippen molar-refractivity contribution >= 4 is 26.7 Å². The smallest absolute Gasteiger partial charge is 0.276 e. The van der Waals surface area contributed by atoms with Gasteiger partial charge in [0.2, 0.25) is 5.90 Å². The summed E-state index contributed by atoms with van der Waals surface area (Å²) in [6.45, 7) is 1.10. The molecule has 1 fully saturated rings. The van der Waals surface area contributed by atoms with Gasteiger partial charge >= 0.3 is 0 Å². The molecule has 0 amide bonds. The maximum Gasteiger partial charge on any atom is 0.276 e. The topological polar surface area (TPSA) is 95.5 Å². The molecule has 1 saturated heterocycles. The minimum Gasteiger partial charge on any atom is -0.469 e. The average molecular weight is 623 g/mol. The molecule has 45 heavy (non-hydrogen) atoms. The van der Waals surface area contributed by atoms with Gasteiger partial charge < -0.3 is 18.9 Å². The standard InChI is InChI=1S/C36H34N2O6S/c39-45(40,32-21-20-30-18-10-11-19-31(30)22-32)38-37-36-35(43-25-29-16-8-3-9-17-29)34(42-24-28-14-6-2-7-15-28)33(44-36)26-41-23-27-12-4-1-5-13-27/h1-22,33-35,38H,23-26H2/b37-36-/t33-,34-,35-/m1/s1. The first-order valence-corrected chi connectivity index (χ1v) is 16.2. The molecule has 230 valence electrons. The van der Waals surface area contributed by atoms with Crippen LogP contribution in [-0.4, -0.2) is 39.2 Å². The molecule has 3 atom stereocenters. The molecule has 1 N–H and O–H groups in total. The third-order valence-electron chi connectivity index (χ3n) is 7.44. The SMILES string of the molecule is O=S(=O)(N/N=C1\O[C@H](COCc2ccccc2)[C@@H](OCc2ccccc2)[C@H]1OCc1ccccc1)c1ccc2ccccc2c1. The highest BCUT2D eigenvalue weighted by Gasteiger charge is 2.45. The lowest BCUT2D eigenvalue weighted by atomic mass is 10.1. The number of hydrogen-bond donors (Lipinski definition) is 1. The minimum atomic E-state index is -4.02. The molecule has 9 heteroatoms. The van der Waals surface area contributed by atoms with Gasteiger partial charge in [-0.3, -0.25) is 0 Å². The fourth-order valence-electron chi connectivity index (χ4n) is 5.09. The van der Waals surface area contributed by atoms with Crippen LogP contribution in [-0.2, 0) is 48.8 Å².